The Bertz CT molecular complexity index is 980. The van der Waals surface area contributed by atoms with Gasteiger partial charge in [-0.05, 0) is 71.3 Å². The maximum absolute atomic E-state index is 5.99. The van der Waals surface area contributed by atoms with Gasteiger partial charge in [-0.2, -0.15) is 0 Å². The molecule has 2 nitrogen and oxygen atoms in total. The molecule has 0 radical (unpaired) electrons. The fourth-order valence-corrected chi connectivity index (χ4v) is 4.58. The summed E-state index contributed by atoms with van der Waals surface area (Å²) in [4.78, 5) is 0. The first-order chi connectivity index (χ1) is 13.7. The number of aryl methyl sites for hydroxylation is 1. The van der Waals surface area contributed by atoms with Crippen LogP contribution < -0.4 is 10.1 Å². The normalized spacial score (nSPS) is 22.7. The van der Waals surface area contributed by atoms with E-state index in [0.29, 0.717) is 18.0 Å². The molecule has 5 rings (SSSR count). The molecule has 1 saturated carbocycles. The van der Waals surface area contributed by atoms with Crippen molar-refractivity contribution in [2.45, 2.75) is 37.3 Å². The molecule has 0 amide bonds. The summed E-state index contributed by atoms with van der Waals surface area (Å²) in [5.74, 6) is 1.58. The van der Waals surface area contributed by atoms with Crippen LogP contribution in [-0.2, 0) is 6.42 Å². The Morgan fingerprint density at radius 2 is 1.64 bits per heavy atom. The van der Waals surface area contributed by atoms with Crippen LogP contribution in [-0.4, -0.2) is 13.2 Å². The summed E-state index contributed by atoms with van der Waals surface area (Å²) in [5, 5.41) is 4.67. The SMILES string of the molecule is COc1ccc2c(c1)C(N[C@H]1C[C@@H]1c1ccc(-c3ccc(Cl)cc3)cc1)CC2. The fourth-order valence-electron chi connectivity index (χ4n) is 4.45. The van der Waals surface area contributed by atoms with Crippen molar-refractivity contribution >= 4 is 11.6 Å². The van der Waals surface area contributed by atoms with E-state index in [-0.39, 0.29) is 0 Å². The highest BCUT2D eigenvalue weighted by atomic mass is 35.5. The first kappa shape index (κ1) is 17.8. The molecule has 1 N–H and O–H groups in total. The maximum Gasteiger partial charge on any atom is 0.119 e. The second-order valence-electron chi connectivity index (χ2n) is 7.90. The van der Waals surface area contributed by atoms with Gasteiger partial charge in [0.25, 0.3) is 0 Å². The zero-order chi connectivity index (χ0) is 19.1. The number of benzene rings is 3. The number of hydrogen-bond donors (Lipinski definition) is 1. The van der Waals surface area contributed by atoms with Crippen molar-refractivity contribution < 1.29 is 4.74 Å². The summed E-state index contributed by atoms with van der Waals surface area (Å²) >= 11 is 5.99. The van der Waals surface area contributed by atoms with Crippen LogP contribution in [0.15, 0.2) is 66.7 Å². The average Bonchev–Trinajstić information content (AvgIpc) is 3.40. The Kier molecular flexibility index (Phi) is 4.62. The number of methoxy groups -OCH3 is 1. The fraction of sp³-hybridized carbons (Fsp3) is 0.280. The minimum atomic E-state index is 0.452. The van der Waals surface area contributed by atoms with E-state index in [0.717, 1.165) is 17.2 Å². The van der Waals surface area contributed by atoms with Gasteiger partial charge in [0, 0.05) is 23.0 Å². The Labute approximate surface area is 171 Å². The van der Waals surface area contributed by atoms with Gasteiger partial charge in [0.05, 0.1) is 7.11 Å². The van der Waals surface area contributed by atoms with Gasteiger partial charge in [-0.1, -0.05) is 54.1 Å². The molecule has 1 unspecified atom stereocenters. The van der Waals surface area contributed by atoms with Crippen LogP contribution in [0.2, 0.25) is 5.02 Å². The number of halogens is 1. The van der Waals surface area contributed by atoms with Gasteiger partial charge in [0.2, 0.25) is 0 Å². The Balaban J connectivity index is 1.25. The van der Waals surface area contributed by atoms with Crippen LogP contribution in [0.5, 0.6) is 5.75 Å². The third-order valence-corrected chi connectivity index (χ3v) is 6.40. The predicted molar refractivity (Wildman–Crippen MR) is 115 cm³/mol. The summed E-state index contributed by atoms with van der Waals surface area (Å²) in [6.45, 7) is 0. The van der Waals surface area contributed by atoms with Crippen molar-refractivity contribution in [2.75, 3.05) is 7.11 Å². The zero-order valence-electron chi connectivity index (χ0n) is 16.0. The summed E-state index contributed by atoms with van der Waals surface area (Å²) in [5.41, 5.74) is 6.75. The van der Waals surface area contributed by atoms with Crippen molar-refractivity contribution in [1.82, 2.24) is 5.32 Å². The van der Waals surface area contributed by atoms with E-state index in [9.17, 15) is 0 Å². The molecular weight excluding hydrogens is 366 g/mol. The number of fused-ring (bicyclic) bond motifs is 1. The van der Waals surface area contributed by atoms with E-state index in [1.165, 1.54) is 40.7 Å². The van der Waals surface area contributed by atoms with Gasteiger partial charge in [0.1, 0.15) is 5.75 Å². The molecule has 142 valence electrons. The summed E-state index contributed by atoms with van der Waals surface area (Å²) in [7, 11) is 1.74. The lowest BCUT2D eigenvalue weighted by Gasteiger charge is -2.15. The van der Waals surface area contributed by atoms with Gasteiger partial charge < -0.3 is 10.1 Å². The summed E-state index contributed by atoms with van der Waals surface area (Å²) in [6, 6.07) is 24.6. The molecule has 28 heavy (non-hydrogen) atoms. The van der Waals surface area contributed by atoms with E-state index in [1.807, 2.05) is 12.1 Å². The monoisotopic (exact) mass is 389 g/mol. The molecule has 2 aliphatic carbocycles. The van der Waals surface area contributed by atoms with Crippen LogP contribution in [0.1, 0.15) is 41.5 Å². The second-order valence-corrected chi connectivity index (χ2v) is 8.34. The summed E-state index contributed by atoms with van der Waals surface area (Å²) < 4.78 is 5.42. The van der Waals surface area contributed by atoms with Crippen molar-refractivity contribution in [3.05, 3.63) is 88.4 Å². The lowest BCUT2D eigenvalue weighted by Crippen LogP contribution is -2.22. The largest absolute Gasteiger partial charge is 0.497 e. The van der Waals surface area contributed by atoms with E-state index in [4.69, 9.17) is 16.3 Å². The molecular formula is C25H24ClNO. The molecule has 2 aliphatic rings. The summed E-state index contributed by atoms with van der Waals surface area (Å²) in [6.07, 6.45) is 3.56. The van der Waals surface area contributed by atoms with Crippen molar-refractivity contribution in [2.24, 2.45) is 0 Å². The Hall–Kier alpha value is -2.29. The molecule has 3 heteroatoms. The molecule has 0 aromatic heterocycles. The van der Waals surface area contributed by atoms with Crippen molar-refractivity contribution in [3.8, 4) is 16.9 Å². The molecule has 0 bridgehead atoms. The highest BCUT2D eigenvalue weighted by Crippen LogP contribution is 2.44. The minimum Gasteiger partial charge on any atom is -0.497 e. The van der Waals surface area contributed by atoms with Crippen LogP contribution >= 0.6 is 11.6 Å². The van der Waals surface area contributed by atoms with E-state index < -0.39 is 0 Å². The third kappa shape index (κ3) is 3.43. The number of nitrogens with one attached hydrogen (secondary N) is 1. The Morgan fingerprint density at radius 3 is 2.36 bits per heavy atom. The lowest BCUT2D eigenvalue weighted by atomic mass is 10.0. The molecule has 3 aromatic carbocycles. The highest BCUT2D eigenvalue weighted by Gasteiger charge is 2.40. The lowest BCUT2D eigenvalue weighted by molar-refractivity contribution is 0.413. The van der Waals surface area contributed by atoms with Crippen LogP contribution in [0, 0.1) is 0 Å². The third-order valence-electron chi connectivity index (χ3n) is 6.15. The van der Waals surface area contributed by atoms with E-state index >= 15 is 0 Å². The zero-order valence-corrected chi connectivity index (χ0v) is 16.7. The van der Waals surface area contributed by atoms with Gasteiger partial charge in [-0.15, -0.1) is 0 Å². The molecule has 3 atom stereocenters. The minimum absolute atomic E-state index is 0.452. The predicted octanol–water partition coefficient (Wildman–Crippen LogP) is 6.15. The van der Waals surface area contributed by atoms with Gasteiger partial charge in [0.15, 0.2) is 0 Å². The Morgan fingerprint density at radius 1 is 0.929 bits per heavy atom. The first-order valence-electron chi connectivity index (χ1n) is 10.00. The molecule has 0 spiro atoms. The van der Waals surface area contributed by atoms with Gasteiger partial charge >= 0.3 is 0 Å². The van der Waals surface area contributed by atoms with Crippen molar-refractivity contribution in [3.63, 3.8) is 0 Å². The molecule has 3 aromatic rings. The smallest absolute Gasteiger partial charge is 0.119 e. The number of rotatable bonds is 5. The molecule has 1 fully saturated rings. The first-order valence-corrected chi connectivity index (χ1v) is 10.4. The number of ether oxygens (including phenoxy) is 1. The second kappa shape index (κ2) is 7.27. The quantitative estimate of drug-likeness (QED) is 0.565. The van der Waals surface area contributed by atoms with Crippen LogP contribution in [0.4, 0.5) is 0 Å². The van der Waals surface area contributed by atoms with E-state index in [2.05, 4.69) is 59.9 Å². The molecule has 0 aliphatic heterocycles. The number of hydrogen-bond acceptors (Lipinski definition) is 2. The maximum atomic E-state index is 5.99. The average molecular weight is 390 g/mol. The van der Waals surface area contributed by atoms with Crippen molar-refractivity contribution in [1.29, 1.82) is 0 Å². The van der Waals surface area contributed by atoms with Crippen LogP contribution in [0.25, 0.3) is 11.1 Å². The highest BCUT2D eigenvalue weighted by molar-refractivity contribution is 6.30. The standard InChI is InChI=1S/C25H24ClNO/c1-28-21-12-8-19-9-13-24(22(19)14-21)27-25-15-23(25)18-4-2-16(3-5-18)17-6-10-20(26)11-7-17/h2-8,10-12,14,23-25,27H,9,13,15H2,1H3/t23-,24?,25+/m1/s1. The van der Waals surface area contributed by atoms with Gasteiger partial charge in [-0.25, -0.2) is 0 Å². The molecule has 0 heterocycles. The van der Waals surface area contributed by atoms with Gasteiger partial charge in [-0.3, -0.25) is 0 Å². The molecule has 0 saturated heterocycles. The topological polar surface area (TPSA) is 21.3 Å². The van der Waals surface area contributed by atoms with Crippen LogP contribution in [0.3, 0.4) is 0 Å². The van der Waals surface area contributed by atoms with E-state index in [1.54, 1.807) is 7.11 Å².